The van der Waals surface area contributed by atoms with Crippen LogP contribution in [0.5, 0.6) is 0 Å². The van der Waals surface area contributed by atoms with Gasteiger partial charge in [-0.25, -0.2) is 0 Å². The fraction of sp³-hybridized carbons (Fsp3) is 0.455. The standard InChI is InChI=1S/C33H41N5O/c1-31(21-35(2)18-19-36(3)22-31)38-25-32(27-12-6-4-7-13-27)23-37(20-29-16-10-11-17-34-29)24-33(26-38,30(32)39)28-14-8-5-9-15-28/h4-17H,18-26H2,1-3H3/t32-,33+. The summed E-state index contributed by atoms with van der Waals surface area (Å²) in [5.74, 6) is 0.375. The van der Waals surface area contributed by atoms with Crippen molar-refractivity contribution in [2.45, 2.75) is 29.8 Å². The Bertz CT molecular complexity index is 1210. The van der Waals surface area contributed by atoms with Crippen LogP contribution in [0.2, 0.25) is 0 Å². The third-order valence-corrected chi connectivity index (χ3v) is 9.39. The first kappa shape index (κ1) is 26.3. The predicted molar refractivity (Wildman–Crippen MR) is 156 cm³/mol. The van der Waals surface area contributed by atoms with Crippen LogP contribution < -0.4 is 0 Å². The molecule has 0 N–H and O–H groups in total. The van der Waals surface area contributed by atoms with Crippen molar-refractivity contribution >= 4 is 5.78 Å². The Morgan fingerprint density at radius 1 is 0.692 bits per heavy atom. The van der Waals surface area contributed by atoms with Gasteiger partial charge < -0.3 is 9.80 Å². The summed E-state index contributed by atoms with van der Waals surface area (Å²) >= 11 is 0. The molecule has 2 aromatic carbocycles. The lowest BCUT2D eigenvalue weighted by atomic mass is 9.57. The summed E-state index contributed by atoms with van der Waals surface area (Å²) in [5.41, 5.74) is 1.97. The molecule has 3 aliphatic heterocycles. The predicted octanol–water partition coefficient (Wildman–Crippen LogP) is 3.29. The summed E-state index contributed by atoms with van der Waals surface area (Å²) in [5, 5.41) is 0. The van der Waals surface area contributed by atoms with Crippen molar-refractivity contribution in [1.29, 1.82) is 0 Å². The van der Waals surface area contributed by atoms with Crippen LogP contribution in [-0.2, 0) is 22.2 Å². The summed E-state index contributed by atoms with van der Waals surface area (Å²) < 4.78 is 0. The van der Waals surface area contributed by atoms with Crippen molar-refractivity contribution in [2.24, 2.45) is 0 Å². The Hall–Kier alpha value is -2.90. The lowest BCUT2D eigenvalue weighted by Crippen LogP contribution is -2.77. The highest BCUT2D eigenvalue weighted by molar-refractivity contribution is 6.01. The first-order valence-electron chi connectivity index (χ1n) is 14.2. The molecule has 39 heavy (non-hydrogen) atoms. The van der Waals surface area contributed by atoms with Crippen LogP contribution in [0, 0.1) is 0 Å². The van der Waals surface area contributed by atoms with E-state index in [-0.39, 0.29) is 5.54 Å². The van der Waals surface area contributed by atoms with Crippen LogP contribution >= 0.6 is 0 Å². The van der Waals surface area contributed by atoms with Gasteiger partial charge in [-0.1, -0.05) is 66.7 Å². The number of Topliss-reactive ketones (excluding diaryl/α,β-unsaturated/α-hetero) is 1. The van der Waals surface area contributed by atoms with Gasteiger partial charge >= 0.3 is 0 Å². The lowest BCUT2D eigenvalue weighted by Gasteiger charge is -2.61. The number of piperidine rings is 2. The molecule has 3 aliphatic rings. The Labute approximate surface area is 233 Å². The number of carbonyl (C=O) groups excluding carboxylic acids is 1. The van der Waals surface area contributed by atoms with Crippen molar-refractivity contribution in [1.82, 2.24) is 24.6 Å². The number of hydrogen-bond donors (Lipinski definition) is 0. The van der Waals surface area contributed by atoms with Crippen LogP contribution in [0.4, 0.5) is 0 Å². The molecule has 2 bridgehead atoms. The van der Waals surface area contributed by atoms with Crippen molar-refractivity contribution in [2.75, 3.05) is 66.5 Å². The topological polar surface area (TPSA) is 42.9 Å². The maximum absolute atomic E-state index is 15.1. The molecular formula is C33H41N5O. The number of nitrogens with zero attached hydrogens (tertiary/aromatic N) is 5. The summed E-state index contributed by atoms with van der Waals surface area (Å²) in [6, 6.07) is 27.3. The quantitative estimate of drug-likeness (QED) is 0.512. The van der Waals surface area contributed by atoms with Crippen LogP contribution in [0.15, 0.2) is 85.1 Å². The molecule has 1 aromatic heterocycles. The van der Waals surface area contributed by atoms with E-state index in [0.717, 1.165) is 62.6 Å². The molecular weight excluding hydrogens is 482 g/mol. The van der Waals surface area contributed by atoms with E-state index in [1.165, 1.54) is 0 Å². The Kier molecular flexibility index (Phi) is 6.92. The van der Waals surface area contributed by atoms with Gasteiger partial charge in [0, 0.05) is 70.6 Å². The van der Waals surface area contributed by atoms with Crippen LogP contribution in [0.25, 0.3) is 0 Å². The molecule has 0 amide bonds. The zero-order valence-electron chi connectivity index (χ0n) is 23.6. The van der Waals surface area contributed by atoms with Gasteiger partial charge in [0.2, 0.25) is 0 Å². The van der Waals surface area contributed by atoms with E-state index in [2.05, 4.69) is 118 Å². The Balaban J connectivity index is 1.51. The molecule has 2 atom stereocenters. The number of aromatic nitrogens is 1. The van der Waals surface area contributed by atoms with E-state index in [9.17, 15) is 0 Å². The molecule has 0 radical (unpaired) electrons. The zero-order valence-corrected chi connectivity index (χ0v) is 23.6. The van der Waals surface area contributed by atoms with Crippen molar-refractivity contribution < 1.29 is 4.79 Å². The summed E-state index contributed by atoms with van der Waals surface area (Å²) in [6.07, 6.45) is 1.87. The molecule has 6 nitrogen and oxygen atoms in total. The molecule has 0 spiro atoms. The number of benzene rings is 2. The highest BCUT2D eigenvalue weighted by atomic mass is 16.1. The molecule has 3 saturated heterocycles. The highest BCUT2D eigenvalue weighted by Crippen LogP contribution is 2.48. The summed E-state index contributed by atoms with van der Waals surface area (Å²) in [6.45, 7) is 10.1. The number of hydrogen-bond acceptors (Lipinski definition) is 6. The average molecular weight is 524 g/mol. The van der Waals surface area contributed by atoms with Gasteiger partial charge in [0.05, 0.1) is 16.5 Å². The molecule has 0 aliphatic carbocycles. The number of rotatable bonds is 5. The van der Waals surface area contributed by atoms with Gasteiger partial charge in [0.25, 0.3) is 0 Å². The van der Waals surface area contributed by atoms with Gasteiger partial charge in [0.1, 0.15) is 0 Å². The number of fused-ring (bicyclic) bond motifs is 2. The summed E-state index contributed by atoms with van der Waals surface area (Å²) in [7, 11) is 4.48. The van der Waals surface area contributed by atoms with Crippen molar-refractivity contribution in [3.8, 4) is 0 Å². The fourth-order valence-electron chi connectivity index (χ4n) is 7.64. The van der Waals surface area contributed by atoms with Crippen LogP contribution in [0.1, 0.15) is 23.7 Å². The zero-order chi connectivity index (χ0) is 27.1. The number of likely N-dealkylation sites (N-methyl/N-ethyl adjacent to an activating group) is 2. The molecule has 0 unspecified atom stereocenters. The third kappa shape index (κ3) is 4.74. The largest absolute Gasteiger partial charge is 0.303 e. The summed E-state index contributed by atoms with van der Waals surface area (Å²) in [4.78, 5) is 29.9. The second-order valence-corrected chi connectivity index (χ2v) is 12.5. The van der Waals surface area contributed by atoms with E-state index in [1.54, 1.807) is 0 Å². The van der Waals surface area contributed by atoms with E-state index in [4.69, 9.17) is 0 Å². The van der Waals surface area contributed by atoms with E-state index >= 15 is 4.79 Å². The van der Waals surface area contributed by atoms with Gasteiger partial charge in [-0.3, -0.25) is 19.6 Å². The molecule has 3 fully saturated rings. The van der Waals surface area contributed by atoms with Gasteiger partial charge in [-0.15, -0.1) is 0 Å². The second-order valence-electron chi connectivity index (χ2n) is 12.5. The normalized spacial score (nSPS) is 28.7. The average Bonchev–Trinajstić information content (AvgIpc) is 3.08. The minimum Gasteiger partial charge on any atom is -0.303 e. The first-order valence-corrected chi connectivity index (χ1v) is 14.2. The van der Waals surface area contributed by atoms with E-state index in [0.29, 0.717) is 18.9 Å². The maximum Gasteiger partial charge on any atom is 0.159 e. The highest BCUT2D eigenvalue weighted by Gasteiger charge is 2.63. The smallest absolute Gasteiger partial charge is 0.159 e. The van der Waals surface area contributed by atoms with Crippen molar-refractivity contribution in [3.63, 3.8) is 0 Å². The minimum absolute atomic E-state index is 0.0794. The maximum atomic E-state index is 15.1. The number of likely N-dealkylation sites (tertiary alicyclic amines) is 2. The molecule has 3 aromatic rings. The third-order valence-electron chi connectivity index (χ3n) is 9.39. The number of pyridine rings is 1. The molecule has 4 heterocycles. The second kappa shape index (κ2) is 10.3. The molecule has 6 heteroatoms. The number of carbonyl (C=O) groups is 1. The van der Waals surface area contributed by atoms with E-state index < -0.39 is 10.8 Å². The van der Waals surface area contributed by atoms with Gasteiger partial charge in [-0.05, 0) is 44.3 Å². The monoisotopic (exact) mass is 523 g/mol. The molecule has 6 rings (SSSR count). The van der Waals surface area contributed by atoms with Crippen molar-refractivity contribution in [3.05, 3.63) is 102 Å². The first-order chi connectivity index (χ1) is 18.8. The lowest BCUT2D eigenvalue weighted by molar-refractivity contribution is -0.149. The van der Waals surface area contributed by atoms with E-state index in [1.807, 2.05) is 12.3 Å². The SMILES string of the molecule is CN1CCN(C)CC(C)(N2C[C@@]3(c4ccccc4)CN(Cc4ccccn4)C[C@@](c4ccccc4)(C2)C3=O)C1. The Morgan fingerprint density at radius 3 is 1.69 bits per heavy atom. The van der Waals surface area contributed by atoms with Gasteiger partial charge in [0.15, 0.2) is 5.78 Å². The Morgan fingerprint density at radius 2 is 1.21 bits per heavy atom. The molecule has 204 valence electrons. The van der Waals surface area contributed by atoms with Crippen LogP contribution in [-0.4, -0.2) is 102 Å². The van der Waals surface area contributed by atoms with Gasteiger partial charge in [-0.2, -0.15) is 0 Å². The number of ketones is 1. The molecule has 0 saturated carbocycles. The minimum atomic E-state index is -0.630. The van der Waals surface area contributed by atoms with Crippen LogP contribution in [0.3, 0.4) is 0 Å². The fourth-order valence-corrected chi connectivity index (χ4v) is 7.64.